The summed E-state index contributed by atoms with van der Waals surface area (Å²) in [6.07, 6.45) is 7.35. The van der Waals surface area contributed by atoms with E-state index >= 15 is 0 Å². The summed E-state index contributed by atoms with van der Waals surface area (Å²) in [6, 6.07) is 0. The molecule has 0 aromatic carbocycles. The fraction of sp³-hybridized carbons (Fsp3) is 0.786. The molecule has 1 saturated carbocycles. The Morgan fingerprint density at radius 2 is 2.18 bits per heavy atom. The van der Waals surface area contributed by atoms with Crippen molar-refractivity contribution in [1.29, 1.82) is 0 Å². The van der Waals surface area contributed by atoms with Crippen LogP contribution in [0.5, 0.6) is 0 Å². The van der Waals surface area contributed by atoms with Crippen molar-refractivity contribution in [2.45, 2.75) is 52.6 Å². The maximum absolute atomic E-state index is 10.1. The van der Waals surface area contributed by atoms with Crippen molar-refractivity contribution >= 4 is 0 Å². The van der Waals surface area contributed by atoms with Crippen molar-refractivity contribution in [1.82, 2.24) is 5.16 Å². The highest BCUT2D eigenvalue weighted by molar-refractivity contribution is 5.03. The van der Waals surface area contributed by atoms with Gasteiger partial charge < -0.3 is 9.63 Å². The van der Waals surface area contributed by atoms with Gasteiger partial charge in [-0.3, -0.25) is 0 Å². The van der Waals surface area contributed by atoms with Gasteiger partial charge in [0.05, 0.1) is 12.3 Å². The van der Waals surface area contributed by atoms with Gasteiger partial charge in [-0.1, -0.05) is 25.9 Å². The number of rotatable bonds is 2. The number of hydrogen-bond acceptors (Lipinski definition) is 3. The largest absolute Gasteiger partial charge is 0.393 e. The van der Waals surface area contributed by atoms with Crippen LogP contribution in [-0.2, 0) is 6.42 Å². The highest BCUT2D eigenvalue weighted by atomic mass is 16.5. The third-order valence-corrected chi connectivity index (χ3v) is 4.15. The van der Waals surface area contributed by atoms with Crippen LogP contribution in [-0.4, -0.2) is 16.4 Å². The van der Waals surface area contributed by atoms with Crippen LogP contribution < -0.4 is 0 Å². The molecule has 1 aliphatic rings. The Hall–Kier alpha value is -0.830. The third-order valence-electron chi connectivity index (χ3n) is 4.15. The minimum atomic E-state index is -0.163. The average molecular weight is 237 g/mol. The first kappa shape index (κ1) is 12.6. The molecule has 0 radical (unpaired) electrons. The summed E-state index contributed by atoms with van der Waals surface area (Å²) in [7, 11) is 0. The Morgan fingerprint density at radius 3 is 2.76 bits per heavy atom. The van der Waals surface area contributed by atoms with Gasteiger partial charge in [0.2, 0.25) is 0 Å². The van der Waals surface area contributed by atoms with Crippen molar-refractivity contribution in [2.75, 3.05) is 0 Å². The van der Waals surface area contributed by atoms with Gasteiger partial charge in [0.1, 0.15) is 6.26 Å². The fourth-order valence-electron chi connectivity index (χ4n) is 2.88. The maximum atomic E-state index is 10.1. The van der Waals surface area contributed by atoms with Gasteiger partial charge in [-0.05, 0) is 42.9 Å². The number of aliphatic hydroxyl groups is 1. The van der Waals surface area contributed by atoms with E-state index in [1.165, 1.54) is 0 Å². The zero-order valence-electron chi connectivity index (χ0n) is 11.0. The highest BCUT2D eigenvalue weighted by Gasteiger charge is 2.35. The normalized spacial score (nSPS) is 30.5. The van der Waals surface area contributed by atoms with Gasteiger partial charge in [-0.2, -0.15) is 0 Å². The topological polar surface area (TPSA) is 46.3 Å². The second kappa shape index (κ2) is 4.81. The molecular weight excluding hydrogens is 214 g/mol. The Kier molecular flexibility index (Phi) is 3.57. The van der Waals surface area contributed by atoms with Crippen molar-refractivity contribution in [3.8, 4) is 0 Å². The molecule has 1 N–H and O–H groups in total. The molecule has 3 heteroatoms. The Balaban J connectivity index is 2.00. The second-order valence-electron chi connectivity index (χ2n) is 6.44. The minimum Gasteiger partial charge on any atom is -0.393 e. The van der Waals surface area contributed by atoms with E-state index in [9.17, 15) is 5.11 Å². The molecule has 0 spiro atoms. The molecule has 17 heavy (non-hydrogen) atoms. The molecule has 1 heterocycles. The predicted molar refractivity (Wildman–Crippen MR) is 66.5 cm³/mol. The van der Waals surface area contributed by atoms with Crippen LogP contribution in [0.25, 0.3) is 0 Å². The smallest absolute Gasteiger partial charge is 0.126 e. The van der Waals surface area contributed by atoms with Gasteiger partial charge >= 0.3 is 0 Å². The summed E-state index contributed by atoms with van der Waals surface area (Å²) in [4.78, 5) is 0. The van der Waals surface area contributed by atoms with Crippen LogP contribution in [0.2, 0.25) is 0 Å². The Morgan fingerprint density at radius 1 is 1.41 bits per heavy atom. The molecule has 0 amide bonds. The van der Waals surface area contributed by atoms with E-state index in [2.05, 4.69) is 25.9 Å². The molecule has 1 aromatic rings. The molecule has 3 nitrogen and oxygen atoms in total. The summed E-state index contributed by atoms with van der Waals surface area (Å²) in [6.45, 7) is 6.89. The van der Waals surface area contributed by atoms with E-state index in [0.29, 0.717) is 17.3 Å². The van der Waals surface area contributed by atoms with E-state index in [1.54, 1.807) is 12.5 Å². The lowest BCUT2D eigenvalue weighted by Crippen LogP contribution is -2.35. The van der Waals surface area contributed by atoms with E-state index < -0.39 is 0 Å². The minimum absolute atomic E-state index is 0.163. The second-order valence-corrected chi connectivity index (χ2v) is 6.44. The van der Waals surface area contributed by atoms with E-state index in [0.717, 1.165) is 31.2 Å². The molecule has 1 fully saturated rings. The zero-order chi connectivity index (χ0) is 12.5. The lowest BCUT2D eigenvalue weighted by Gasteiger charge is -2.40. The average Bonchev–Trinajstić information content (AvgIpc) is 2.72. The van der Waals surface area contributed by atoms with Crippen molar-refractivity contribution in [3.63, 3.8) is 0 Å². The fourth-order valence-corrected chi connectivity index (χ4v) is 2.88. The molecule has 96 valence electrons. The van der Waals surface area contributed by atoms with Gasteiger partial charge in [-0.25, -0.2) is 0 Å². The molecule has 3 unspecified atom stereocenters. The SMILES string of the molecule is CC(C)(C)C1CCC(O)C(Cc2cnoc2)C1. The number of nitrogens with zero attached hydrogens (tertiary/aromatic N) is 1. The summed E-state index contributed by atoms with van der Waals surface area (Å²) < 4.78 is 4.85. The summed E-state index contributed by atoms with van der Waals surface area (Å²) in [5.74, 6) is 1.06. The van der Waals surface area contributed by atoms with Crippen LogP contribution in [0.1, 0.15) is 45.6 Å². The van der Waals surface area contributed by atoms with Crippen LogP contribution in [0.4, 0.5) is 0 Å². The quantitative estimate of drug-likeness (QED) is 0.860. The molecule has 1 aliphatic carbocycles. The van der Waals surface area contributed by atoms with Crippen LogP contribution in [0.3, 0.4) is 0 Å². The monoisotopic (exact) mass is 237 g/mol. The predicted octanol–water partition coefficient (Wildman–Crippen LogP) is 3.04. The molecule has 2 rings (SSSR count). The van der Waals surface area contributed by atoms with Gasteiger partial charge in [-0.15, -0.1) is 0 Å². The summed E-state index contributed by atoms with van der Waals surface area (Å²) in [5, 5.41) is 13.8. The molecule has 0 aliphatic heterocycles. The van der Waals surface area contributed by atoms with E-state index in [1.807, 2.05) is 0 Å². The Bertz CT molecular complexity index is 340. The van der Waals surface area contributed by atoms with E-state index in [-0.39, 0.29) is 6.10 Å². The first-order chi connectivity index (χ1) is 7.97. The number of hydrogen-bond donors (Lipinski definition) is 1. The van der Waals surface area contributed by atoms with Crippen LogP contribution in [0, 0.1) is 17.3 Å². The zero-order valence-corrected chi connectivity index (χ0v) is 11.0. The first-order valence-electron chi connectivity index (χ1n) is 6.53. The molecule has 3 atom stereocenters. The van der Waals surface area contributed by atoms with Crippen molar-refractivity contribution in [2.24, 2.45) is 17.3 Å². The van der Waals surface area contributed by atoms with Gasteiger partial charge in [0, 0.05) is 5.56 Å². The Labute approximate surface area is 103 Å². The number of aromatic nitrogens is 1. The first-order valence-corrected chi connectivity index (χ1v) is 6.53. The molecule has 0 bridgehead atoms. The molecule has 0 saturated heterocycles. The molecular formula is C14H23NO2. The molecule has 1 aromatic heterocycles. The summed E-state index contributed by atoms with van der Waals surface area (Å²) >= 11 is 0. The van der Waals surface area contributed by atoms with Gasteiger partial charge in [0.25, 0.3) is 0 Å². The summed E-state index contributed by atoms with van der Waals surface area (Å²) in [5.41, 5.74) is 1.44. The number of aliphatic hydroxyl groups excluding tert-OH is 1. The third kappa shape index (κ3) is 3.09. The van der Waals surface area contributed by atoms with Crippen LogP contribution >= 0.6 is 0 Å². The standard InChI is InChI=1S/C14H23NO2/c1-14(2,3)12-4-5-13(16)11(7-12)6-10-8-15-17-9-10/h8-9,11-13,16H,4-7H2,1-3H3. The van der Waals surface area contributed by atoms with Crippen molar-refractivity contribution in [3.05, 3.63) is 18.0 Å². The van der Waals surface area contributed by atoms with Gasteiger partial charge in [0.15, 0.2) is 0 Å². The van der Waals surface area contributed by atoms with E-state index in [4.69, 9.17) is 4.52 Å². The van der Waals surface area contributed by atoms with Crippen LogP contribution in [0.15, 0.2) is 17.0 Å². The maximum Gasteiger partial charge on any atom is 0.126 e. The lowest BCUT2D eigenvalue weighted by molar-refractivity contribution is 0.0196. The van der Waals surface area contributed by atoms with Crippen molar-refractivity contribution < 1.29 is 9.63 Å². The lowest BCUT2D eigenvalue weighted by atomic mass is 9.67. The highest BCUT2D eigenvalue weighted by Crippen LogP contribution is 2.41.